The molecule has 2 aliphatic heterocycles. The molecule has 2 rings (SSSR count). The van der Waals surface area contributed by atoms with Gasteiger partial charge in [-0.15, -0.1) is 0 Å². The fraction of sp³-hybridized carbons (Fsp3) is 0.714. The quantitative estimate of drug-likeness (QED) is 0.612. The van der Waals surface area contributed by atoms with Crippen molar-refractivity contribution in [2.24, 2.45) is 0 Å². The number of carbonyl (C=O) groups is 2. The molecule has 7 heteroatoms. The summed E-state index contributed by atoms with van der Waals surface area (Å²) in [5, 5.41) is 8.72. The molecule has 0 spiro atoms. The average molecular weight is 296 g/mol. The molecular weight excluding hydrogens is 272 g/mol. The van der Waals surface area contributed by atoms with Crippen LogP contribution in [0.15, 0.2) is 11.3 Å². The van der Waals surface area contributed by atoms with E-state index in [0.29, 0.717) is 30.5 Å². The minimum Gasteiger partial charge on any atom is -0.463 e. The van der Waals surface area contributed by atoms with Crippen LogP contribution in [0.4, 0.5) is 4.79 Å². The van der Waals surface area contributed by atoms with Crippen molar-refractivity contribution in [1.29, 1.82) is 0 Å². The van der Waals surface area contributed by atoms with Crippen LogP contribution in [0.2, 0.25) is 0 Å². The highest BCUT2D eigenvalue weighted by atomic mass is 16.5. The summed E-state index contributed by atoms with van der Waals surface area (Å²) in [7, 11) is 2.02. The van der Waals surface area contributed by atoms with Gasteiger partial charge in [-0.3, -0.25) is 4.90 Å². The molecular formula is C14H24N4O3. The summed E-state index contributed by atoms with van der Waals surface area (Å²) in [5.41, 5.74) is 1.15. The SMILES string of the molecule is CCOC(=O)C1=C(CN(C)C2CCCNC2)NC(=O)NC1. The van der Waals surface area contributed by atoms with E-state index >= 15 is 0 Å². The first-order valence-corrected chi connectivity index (χ1v) is 7.46. The number of esters is 1. The largest absolute Gasteiger partial charge is 0.463 e. The van der Waals surface area contributed by atoms with Crippen LogP contribution in [0.5, 0.6) is 0 Å². The van der Waals surface area contributed by atoms with Gasteiger partial charge in [0.2, 0.25) is 0 Å². The van der Waals surface area contributed by atoms with E-state index in [1.165, 1.54) is 0 Å². The van der Waals surface area contributed by atoms with Crippen LogP contribution in [-0.2, 0) is 9.53 Å². The highest BCUT2D eigenvalue weighted by Gasteiger charge is 2.26. The molecule has 3 N–H and O–H groups in total. The number of likely N-dealkylation sites (N-methyl/N-ethyl adjacent to an activating group) is 1. The van der Waals surface area contributed by atoms with Crippen LogP contribution in [0.3, 0.4) is 0 Å². The standard InChI is InChI=1S/C14H24N4O3/c1-3-21-13(19)11-8-16-14(20)17-12(11)9-18(2)10-5-4-6-15-7-10/h10,15H,3-9H2,1-2H3,(H2,16,17,20). The van der Waals surface area contributed by atoms with Gasteiger partial charge in [0.05, 0.1) is 18.7 Å². The van der Waals surface area contributed by atoms with Crippen molar-refractivity contribution < 1.29 is 14.3 Å². The lowest BCUT2D eigenvalue weighted by atomic mass is 10.1. The summed E-state index contributed by atoms with van der Waals surface area (Å²) >= 11 is 0. The molecule has 1 saturated heterocycles. The molecule has 1 unspecified atom stereocenters. The highest BCUT2D eigenvalue weighted by Crippen LogP contribution is 2.14. The Morgan fingerprint density at radius 2 is 2.29 bits per heavy atom. The van der Waals surface area contributed by atoms with Gasteiger partial charge in [0.15, 0.2) is 0 Å². The van der Waals surface area contributed by atoms with Gasteiger partial charge in [-0.25, -0.2) is 9.59 Å². The first kappa shape index (κ1) is 15.8. The normalized spacial score (nSPS) is 22.8. The summed E-state index contributed by atoms with van der Waals surface area (Å²) in [5.74, 6) is -0.366. The third kappa shape index (κ3) is 4.18. The Kier molecular flexibility index (Phi) is 5.58. The molecule has 0 saturated carbocycles. The van der Waals surface area contributed by atoms with E-state index in [4.69, 9.17) is 4.74 Å². The zero-order chi connectivity index (χ0) is 15.2. The Bertz CT molecular complexity index is 430. The second kappa shape index (κ2) is 7.42. The molecule has 0 bridgehead atoms. The lowest BCUT2D eigenvalue weighted by molar-refractivity contribution is -0.138. The number of nitrogens with zero attached hydrogens (tertiary/aromatic N) is 1. The second-order valence-electron chi connectivity index (χ2n) is 5.40. The molecule has 2 amide bonds. The number of rotatable bonds is 5. The second-order valence-corrected chi connectivity index (χ2v) is 5.40. The fourth-order valence-corrected chi connectivity index (χ4v) is 2.67. The predicted molar refractivity (Wildman–Crippen MR) is 78.7 cm³/mol. The maximum Gasteiger partial charge on any atom is 0.337 e. The number of amides is 2. The first-order chi connectivity index (χ1) is 10.1. The van der Waals surface area contributed by atoms with E-state index in [0.717, 1.165) is 25.9 Å². The summed E-state index contributed by atoms with van der Waals surface area (Å²) in [6.07, 6.45) is 2.27. The molecule has 7 nitrogen and oxygen atoms in total. The van der Waals surface area contributed by atoms with E-state index in [9.17, 15) is 9.59 Å². The minimum atomic E-state index is -0.366. The number of nitrogens with one attached hydrogen (secondary N) is 3. The van der Waals surface area contributed by atoms with E-state index in [-0.39, 0.29) is 18.5 Å². The van der Waals surface area contributed by atoms with Gasteiger partial charge >= 0.3 is 12.0 Å². The van der Waals surface area contributed by atoms with Crippen molar-refractivity contribution in [2.75, 3.05) is 39.8 Å². The molecule has 1 fully saturated rings. The lowest BCUT2D eigenvalue weighted by Crippen LogP contribution is -2.50. The Balaban J connectivity index is 2.07. The number of ether oxygens (including phenoxy) is 1. The third-order valence-electron chi connectivity index (χ3n) is 3.88. The van der Waals surface area contributed by atoms with Gasteiger partial charge in [0, 0.05) is 24.8 Å². The minimum absolute atomic E-state index is 0.219. The molecule has 2 heterocycles. The van der Waals surface area contributed by atoms with Crippen LogP contribution in [0.1, 0.15) is 19.8 Å². The third-order valence-corrected chi connectivity index (χ3v) is 3.88. The molecule has 21 heavy (non-hydrogen) atoms. The maximum absolute atomic E-state index is 12.0. The van der Waals surface area contributed by atoms with Gasteiger partial charge in [0.25, 0.3) is 0 Å². The van der Waals surface area contributed by atoms with Gasteiger partial charge in [-0.05, 0) is 33.4 Å². The number of carbonyl (C=O) groups excluding carboxylic acids is 2. The summed E-state index contributed by atoms with van der Waals surface area (Å²) in [6, 6.07) is 0.148. The number of hydrogen-bond acceptors (Lipinski definition) is 5. The smallest absolute Gasteiger partial charge is 0.337 e. The van der Waals surface area contributed by atoms with Crippen LogP contribution in [-0.4, -0.2) is 62.8 Å². The summed E-state index contributed by atoms with van der Waals surface area (Å²) < 4.78 is 5.05. The lowest BCUT2D eigenvalue weighted by Gasteiger charge is -2.33. The van der Waals surface area contributed by atoms with E-state index in [1.54, 1.807) is 6.92 Å². The molecule has 0 aromatic heterocycles. The van der Waals surface area contributed by atoms with E-state index < -0.39 is 0 Å². The van der Waals surface area contributed by atoms with Crippen molar-refractivity contribution >= 4 is 12.0 Å². The number of piperidine rings is 1. The molecule has 0 aromatic rings. The Morgan fingerprint density at radius 1 is 1.48 bits per heavy atom. The number of urea groups is 1. The monoisotopic (exact) mass is 296 g/mol. The molecule has 0 radical (unpaired) electrons. The van der Waals surface area contributed by atoms with Gasteiger partial charge in [-0.2, -0.15) is 0 Å². The summed E-state index contributed by atoms with van der Waals surface area (Å²) in [4.78, 5) is 25.7. The van der Waals surface area contributed by atoms with Crippen LogP contribution in [0.25, 0.3) is 0 Å². The number of hydrogen-bond donors (Lipinski definition) is 3. The van der Waals surface area contributed by atoms with Crippen LogP contribution < -0.4 is 16.0 Å². The van der Waals surface area contributed by atoms with Crippen LogP contribution >= 0.6 is 0 Å². The topological polar surface area (TPSA) is 82.7 Å². The van der Waals surface area contributed by atoms with Crippen molar-refractivity contribution in [3.8, 4) is 0 Å². The molecule has 1 atom stereocenters. The van der Waals surface area contributed by atoms with Crippen molar-refractivity contribution in [3.05, 3.63) is 11.3 Å². The molecule has 118 valence electrons. The summed E-state index contributed by atoms with van der Waals surface area (Å²) in [6.45, 7) is 4.84. The molecule has 0 aromatic carbocycles. The van der Waals surface area contributed by atoms with Crippen molar-refractivity contribution in [2.45, 2.75) is 25.8 Å². The Labute approximate surface area is 125 Å². The first-order valence-electron chi connectivity index (χ1n) is 7.46. The zero-order valence-electron chi connectivity index (χ0n) is 12.7. The highest BCUT2D eigenvalue weighted by molar-refractivity contribution is 5.93. The van der Waals surface area contributed by atoms with Crippen molar-refractivity contribution in [3.63, 3.8) is 0 Å². The van der Waals surface area contributed by atoms with Gasteiger partial charge in [-0.1, -0.05) is 0 Å². The maximum atomic E-state index is 12.0. The van der Waals surface area contributed by atoms with Gasteiger partial charge < -0.3 is 20.7 Å². The fourth-order valence-electron chi connectivity index (χ4n) is 2.67. The Morgan fingerprint density at radius 3 is 2.95 bits per heavy atom. The van der Waals surface area contributed by atoms with E-state index in [1.807, 2.05) is 7.05 Å². The van der Waals surface area contributed by atoms with Crippen LogP contribution in [0, 0.1) is 0 Å². The van der Waals surface area contributed by atoms with Crippen molar-refractivity contribution in [1.82, 2.24) is 20.9 Å². The predicted octanol–water partition coefficient (Wildman–Crippen LogP) is -0.200. The van der Waals surface area contributed by atoms with E-state index in [2.05, 4.69) is 20.9 Å². The van der Waals surface area contributed by atoms with Gasteiger partial charge in [0.1, 0.15) is 0 Å². The Hall–Kier alpha value is -1.60. The zero-order valence-corrected chi connectivity index (χ0v) is 12.7. The average Bonchev–Trinajstić information content (AvgIpc) is 2.48. The molecule has 0 aliphatic carbocycles. The molecule has 2 aliphatic rings.